The van der Waals surface area contributed by atoms with Crippen molar-refractivity contribution in [3.8, 4) is 11.8 Å². The molecule has 1 aliphatic carbocycles. The Balaban J connectivity index is 1.79. The third kappa shape index (κ3) is 3.48. The molecule has 1 saturated carbocycles. The highest BCUT2D eigenvalue weighted by Crippen LogP contribution is 2.44. The second kappa shape index (κ2) is 6.69. The largest absolute Gasteiger partial charge is 0.427 e. The predicted molar refractivity (Wildman–Crippen MR) is 101 cm³/mol. The molecule has 0 bridgehead atoms. The summed E-state index contributed by atoms with van der Waals surface area (Å²) in [5, 5.41) is 4.43. The van der Waals surface area contributed by atoms with E-state index in [2.05, 4.69) is 22.1 Å². The SMILES string of the molecule is Cc1cc[nH]c(=O)c1Cc1ccc2c(c1)NC(=O)N[C@]2(C#CC1CC1)C(F)(F)F. The van der Waals surface area contributed by atoms with Gasteiger partial charge >= 0.3 is 12.2 Å². The lowest BCUT2D eigenvalue weighted by molar-refractivity contribution is -0.178. The third-order valence-corrected chi connectivity index (χ3v) is 5.18. The van der Waals surface area contributed by atoms with Crippen LogP contribution in [0, 0.1) is 24.7 Å². The molecule has 5 nitrogen and oxygen atoms in total. The molecule has 2 aromatic rings. The maximum atomic E-state index is 14.1. The van der Waals surface area contributed by atoms with E-state index in [1.54, 1.807) is 13.0 Å². The molecular formula is C21H18F3N3O2. The summed E-state index contributed by atoms with van der Waals surface area (Å²) < 4.78 is 42.2. The first-order valence-corrected chi connectivity index (χ1v) is 9.19. The summed E-state index contributed by atoms with van der Waals surface area (Å²) in [4.78, 5) is 26.7. The number of alkyl halides is 3. The minimum absolute atomic E-state index is 0.0404. The van der Waals surface area contributed by atoms with Crippen molar-refractivity contribution in [1.29, 1.82) is 0 Å². The number of halogens is 3. The van der Waals surface area contributed by atoms with Crippen LogP contribution in [0.25, 0.3) is 0 Å². The molecule has 4 rings (SSSR count). The molecule has 1 fully saturated rings. The lowest BCUT2D eigenvalue weighted by Crippen LogP contribution is -2.59. The number of urea groups is 1. The molecule has 1 aliphatic heterocycles. The van der Waals surface area contributed by atoms with Crippen LogP contribution in [-0.2, 0) is 12.0 Å². The van der Waals surface area contributed by atoms with E-state index in [-0.39, 0.29) is 29.1 Å². The van der Waals surface area contributed by atoms with Gasteiger partial charge in [0.1, 0.15) is 0 Å². The van der Waals surface area contributed by atoms with E-state index < -0.39 is 17.7 Å². The van der Waals surface area contributed by atoms with Crippen molar-refractivity contribution < 1.29 is 18.0 Å². The Hall–Kier alpha value is -3.21. The highest BCUT2D eigenvalue weighted by Gasteiger charge is 2.59. The molecular weight excluding hydrogens is 383 g/mol. The van der Waals surface area contributed by atoms with Gasteiger partial charge in [-0.1, -0.05) is 24.0 Å². The molecule has 0 unspecified atom stereocenters. The summed E-state index contributed by atoms with van der Waals surface area (Å²) in [6, 6.07) is 5.11. The molecule has 150 valence electrons. The molecule has 2 amide bonds. The van der Waals surface area contributed by atoms with Crippen LogP contribution in [0.2, 0.25) is 0 Å². The predicted octanol–water partition coefficient (Wildman–Crippen LogP) is 3.58. The number of rotatable bonds is 2. The standard InChI is InChI=1S/C21H18F3N3O2/c1-12-7-9-25-18(28)15(12)10-14-4-5-16-17(11-14)26-19(29)27-20(16,21(22,23)24)8-6-13-2-3-13/h4-5,7,9,11,13H,2-3,10H2,1H3,(H,25,28)(H2,26,27,29)/t20-/m0/s1. The zero-order chi connectivity index (χ0) is 20.8. The normalized spacial score (nSPS) is 20.8. The zero-order valence-electron chi connectivity index (χ0n) is 15.5. The fraction of sp³-hybridized carbons (Fsp3) is 0.333. The molecule has 29 heavy (non-hydrogen) atoms. The molecule has 1 aromatic heterocycles. The van der Waals surface area contributed by atoms with Gasteiger partial charge in [0.05, 0.1) is 0 Å². The van der Waals surface area contributed by atoms with Crippen molar-refractivity contribution in [3.05, 3.63) is 63.1 Å². The number of fused-ring (bicyclic) bond motifs is 1. The van der Waals surface area contributed by atoms with E-state index in [0.29, 0.717) is 11.1 Å². The van der Waals surface area contributed by atoms with Gasteiger partial charge in [0, 0.05) is 35.3 Å². The van der Waals surface area contributed by atoms with Gasteiger partial charge in [-0.25, -0.2) is 4.79 Å². The van der Waals surface area contributed by atoms with Crippen molar-refractivity contribution in [2.24, 2.45) is 5.92 Å². The van der Waals surface area contributed by atoms with Crippen LogP contribution in [0.4, 0.5) is 23.7 Å². The fourth-order valence-corrected chi connectivity index (χ4v) is 3.39. The molecule has 3 N–H and O–H groups in total. The number of pyridine rings is 1. The number of aryl methyl sites for hydroxylation is 1. The summed E-state index contributed by atoms with van der Waals surface area (Å²) in [5.74, 6) is 4.90. The summed E-state index contributed by atoms with van der Waals surface area (Å²) in [6.07, 6.45) is -1.49. The first kappa shape index (κ1) is 19.1. The summed E-state index contributed by atoms with van der Waals surface area (Å²) in [7, 11) is 0. The molecule has 1 atom stereocenters. The second-order valence-electron chi connectivity index (χ2n) is 7.40. The van der Waals surface area contributed by atoms with E-state index in [1.165, 1.54) is 24.4 Å². The smallest absolute Gasteiger partial charge is 0.329 e. The first-order valence-electron chi connectivity index (χ1n) is 9.19. The number of amides is 2. The lowest BCUT2D eigenvalue weighted by atomic mass is 9.85. The van der Waals surface area contributed by atoms with E-state index in [4.69, 9.17) is 0 Å². The van der Waals surface area contributed by atoms with E-state index in [1.807, 2.05) is 5.32 Å². The van der Waals surface area contributed by atoms with Gasteiger partial charge in [-0.3, -0.25) is 4.79 Å². The third-order valence-electron chi connectivity index (χ3n) is 5.18. The Morgan fingerprint density at radius 2 is 1.97 bits per heavy atom. The van der Waals surface area contributed by atoms with Gasteiger partial charge in [0.25, 0.3) is 5.56 Å². The topological polar surface area (TPSA) is 74.0 Å². The number of anilines is 1. The van der Waals surface area contributed by atoms with Crippen LogP contribution in [0.3, 0.4) is 0 Å². The van der Waals surface area contributed by atoms with Crippen LogP contribution >= 0.6 is 0 Å². The summed E-state index contributed by atoms with van der Waals surface area (Å²) in [5.41, 5.74) is -1.23. The minimum atomic E-state index is -4.80. The number of aromatic amines is 1. The molecule has 0 spiro atoms. The van der Waals surface area contributed by atoms with Gasteiger partial charge in [-0.05, 0) is 43.0 Å². The Morgan fingerprint density at radius 3 is 2.62 bits per heavy atom. The maximum absolute atomic E-state index is 14.1. The number of benzene rings is 1. The quantitative estimate of drug-likeness (QED) is 0.673. The number of carbonyl (C=O) groups excluding carboxylic acids is 1. The average Bonchev–Trinajstić information content (AvgIpc) is 3.46. The van der Waals surface area contributed by atoms with Gasteiger partial charge in [0.2, 0.25) is 5.54 Å². The first-order chi connectivity index (χ1) is 13.7. The Morgan fingerprint density at radius 1 is 1.21 bits per heavy atom. The van der Waals surface area contributed by atoms with Gasteiger partial charge < -0.3 is 15.6 Å². The van der Waals surface area contributed by atoms with Crippen LogP contribution in [0.15, 0.2) is 35.3 Å². The van der Waals surface area contributed by atoms with Gasteiger partial charge in [0.15, 0.2) is 0 Å². The Bertz CT molecular complexity index is 1110. The average molecular weight is 401 g/mol. The Labute approximate surface area is 164 Å². The van der Waals surface area contributed by atoms with Crippen molar-refractivity contribution >= 4 is 11.7 Å². The molecule has 0 radical (unpaired) electrons. The number of hydrogen-bond acceptors (Lipinski definition) is 2. The van der Waals surface area contributed by atoms with E-state index >= 15 is 0 Å². The van der Waals surface area contributed by atoms with Crippen LogP contribution in [-0.4, -0.2) is 17.2 Å². The van der Waals surface area contributed by atoms with Crippen molar-refractivity contribution in [2.75, 3.05) is 5.32 Å². The Kier molecular flexibility index (Phi) is 4.41. The maximum Gasteiger partial charge on any atom is 0.427 e. The molecule has 0 saturated heterocycles. The summed E-state index contributed by atoms with van der Waals surface area (Å²) >= 11 is 0. The lowest BCUT2D eigenvalue weighted by Gasteiger charge is -2.37. The van der Waals surface area contributed by atoms with E-state index in [9.17, 15) is 22.8 Å². The number of aromatic nitrogens is 1. The van der Waals surface area contributed by atoms with Crippen molar-refractivity contribution in [3.63, 3.8) is 0 Å². The second-order valence-corrected chi connectivity index (χ2v) is 7.40. The number of H-pyrrole nitrogens is 1. The highest BCUT2D eigenvalue weighted by atomic mass is 19.4. The number of nitrogens with one attached hydrogen (secondary N) is 3. The summed E-state index contributed by atoms with van der Waals surface area (Å²) in [6.45, 7) is 1.79. The van der Waals surface area contributed by atoms with Gasteiger partial charge in [-0.15, -0.1) is 0 Å². The van der Waals surface area contributed by atoms with Crippen molar-refractivity contribution in [1.82, 2.24) is 10.3 Å². The zero-order valence-corrected chi connectivity index (χ0v) is 15.5. The van der Waals surface area contributed by atoms with E-state index in [0.717, 1.165) is 18.4 Å². The van der Waals surface area contributed by atoms with Gasteiger partial charge in [-0.2, -0.15) is 13.2 Å². The van der Waals surface area contributed by atoms with Crippen LogP contribution in [0.5, 0.6) is 0 Å². The van der Waals surface area contributed by atoms with Crippen molar-refractivity contribution in [2.45, 2.75) is 37.9 Å². The number of carbonyl (C=O) groups is 1. The molecule has 2 aliphatic rings. The number of hydrogen-bond donors (Lipinski definition) is 3. The molecule has 1 aromatic carbocycles. The minimum Gasteiger partial charge on any atom is -0.329 e. The fourth-order valence-electron chi connectivity index (χ4n) is 3.39. The molecule has 2 heterocycles. The molecule has 8 heteroatoms. The monoisotopic (exact) mass is 401 g/mol. The highest BCUT2D eigenvalue weighted by molar-refractivity contribution is 5.95. The van der Waals surface area contributed by atoms with Crippen LogP contribution < -0.4 is 16.2 Å². The van der Waals surface area contributed by atoms with Crippen LogP contribution in [0.1, 0.15) is 35.1 Å².